The van der Waals surface area contributed by atoms with Crippen molar-refractivity contribution in [3.63, 3.8) is 0 Å². The van der Waals surface area contributed by atoms with Crippen LogP contribution in [0.5, 0.6) is 0 Å². The number of hydrogen-bond donors (Lipinski definition) is 0. The molecular weight excluding hydrogens is 224 g/mol. The molecule has 0 bridgehead atoms. The molecule has 0 fully saturated rings. The van der Waals surface area contributed by atoms with E-state index >= 15 is 0 Å². The number of carbonyl (C=O) groups excluding carboxylic acids is 1. The predicted molar refractivity (Wildman–Crippen MR) is 72.5 cm³/mol. The fraction of sp³-hybridized carbons (Fsp3) is 0.438. The average Bonchev–Trinajstić information content (AvgIpc) is 2.40. The normalized spacial score (nSPS) is 19.2. The first kappa shape index (κ1) is 12.9. The number of benzene rings is 1. The summed E-state index contributed by atoms with van der Waals surface area (Å²) in [6.45, 7) is 4.40. The van der Waals surface area contributed by atoms with Crippen molar-refractivity contribution in [2.45, 2.75) is 39.0 Å². The van der Waals surface area contributed by atoms with E-state index in [0.29, 0.717) is 6.61 Å². The Morgan fingerprint density at radius 1 is 1.39 bits per heavy atom. The van der Waals surface area contributed by atoms with Crippen molar-refractivity contribution >= 4 is 5.97 Å². The molecule has 0 amide bonds. The summed E-state index contributed by atoms with van der Waals surface area (Å²) < 4.78 is 5.17. The van der Waals surface area contributed by atoms with Crippen LogP contribution in [0.1, 0.15) is 43.2 Å². The summed E-state index contributed by atoms with van der Waals surface area (Å²) in [7, 11) is 0. The molecule has 0 spiro atoms. The number of ether oxygens (including phenoxy) is 1. The van der Waals surface area contributed by atoms with Crippen LogP contribution >= 0.6 is 0 Å². The van der Waals surface area contributed by atoms with Gasteiger partial charge in [0.2, 0.25) is 0 Å². The Morgan fingerprint density at radius 3 is 2.89 bits per heavy atom. The molecule has 1 aliphatic rings. The van der Waals surface area contributed by atoms with E-state index in [0.717, 1.165) is 24.8 Å². The number of carbonyl (C=O) groups is 1. The molecular formula is C16H20O2. The molecule has 0 saturated carbocycles. The zero-order chi connectivity index (χ0) is 13.0. The van der Waals surface area contributed by atoms with Gasteiger partial charge in [0.1, 0.15) is 0 Å². The fourth-order valence-corrected chi connectivity index (χ4v) is 2.62. The lowest BCUT2D eigenvalue weighted by Gasteiger charge is -2.24. The topological polar surface area (TPSA) is 26.3 Å². The van der Waals surface area contributed by atoms with Gasteiger partial charge in [-0.1, -0.05) is 30.3 Å². The van der Waals surface area contributed by atoms with Crippen LogP contribution in [0.15, 0.2) is 35.9 Å². The summed E-state index contributed by atoms with van der Waals surface area (Å²) in [6, 6.07) is 8.31. The monoisotopic (exact) mass is 244 g/mol. The minimum atomic E-state index is -0.148. The number of esters is 1. The van der Waals surface area contributed by atoms with E-state index in [9.17, 15) is 4.79 Å². The third kappa shape index (κ3) is 2.63. The standard InChI is InChI=1S/C16H20O2/c1-3-18-16(17)15-11-7-6-10-14(15)13-9-5-4-8-12(13)2/h4-5,8-9,11,14H,3,6-7,10H2,1-2H3. The zero-order valence-corrected chi connectivity index (χ0v) is 11.1. The van der Waals surface area contributed by atoms with Crippen LogP contribution in [0.25, 0.3) is 0 Å². The van der Waals surface area contributed by atoms with Crippen LogP contribution in [-0.4, -0.2) is 12.6 Å². The van der Waals surface area contributed by atoms with Gasteiger partial charge in [-0.2, -0.15) is 0 Å². The van der Waals surface area contributed by atoms with E-state index in [1.165, 1.54) is 11.1 Å². The molecule has 18 heavy (non-hydrogen) atoms. The summed E-state index contributed by atoms with van der Waals surface area (Å²) >= 11 is 0. The number of allylic oxidation sites excluding steroid dienone is 1. The van der Waals surface area contributed by atoms with Gasteiger partial charge in [-0.3, -0.25) is 0 Å². The van der Waals surface area contributed by atoms with Gasteiger partial charge in [0.25, 0.3) is 0 Å². The highest BCUT2D eigenvalue weighted by Crippen LogP contribution is 2.36. The van der Waals surface area contributed by atoms with Gasteiger partial charge in [0.15, 0.2) is 0 Å². The molecule has 2 nitrogen and oxygen atoms in total. The third-order valence-electron chi connectivity index (χ3n) is 3.51. The Kier molecular flexibility index (Phi) is 4.19. The maximum Gasteiger partial charge on any atom is 0.334 e. The van der Waals surface area contributed by atoms with Crippen LogP contribution in [-0.2, 0) is 9.53 Å². The van der Waals surface area contributed by atoms with E-state index in [2.05, 4.69) is 25.1 Å². The molecule has 96 valence electrons. The van der Waals surface area contributed by atoms with Gasteiger partial charge < -0.3 is 4.74 Å². The molecule has 1 aromatic carbocycles. The highest BCUT2D eigenvalue weighted by atomic mass is 16.5. The summed E-state index contributed by atoms with van der Waals surface area (Å²) in [5, 5.41) is 0. The molecule has 0 radical (unpaired) electrons. The van der Waals surface area contributed by atoms with Crippen LogP contribution in [0.3, 0.4) is 0 Å². The molecule has 0 aliphatic heterocycles. The molecule has 2 heteroatoms. The van der Waals surface area contributed by atoms with E-state index in [1.54, 1.807) is 0 Å². The summed E-state index contributed by atoms with van der Waals surface area (Å²) in [5.74, 6) is 0.0597. The number of aryl methyl sites for hydroxylation is 1. The Balaban J connectivity index is 2.31. The Morgan fingerprint density at radius 2 is 2.17 bits per heavy atom. The van der Waals surface area contributed by atoms with E-state index in [4.69, 9.17) is 4.74 Å². The van der Waals surface area contributed by atoms with Crippen molar-refractivity contribution in [2.24, 2.45) is 0 Å². The van der Waals surface area contributed by atoms with Crippen molar-refractivity contribution in [3.8, 4) is 0 Å². The second-order valence-corrected chi connectivity index (χ2v) is 4.72. The minimum Gasteiger partial charge on any atom is -0.463 e. The predicted octanol–water partition coefficient (Wildman–Crippen LogP) is 3.75. The fourth-order valence-electron chi connectivity index (χ4n) is 2.62. The molecule has 0 saturated heterocycles. The van der Waals surface area contributed by atoms with Crippen molar-refractivity contribution in [1.29, 1.82) is 0 Å². The minimum absolute atomic E-state index is 0.148. The summed E-state index contributed by atoms with van der Waals surface area (Å²) in [5.41, 5.74) is 3.36. The number of rotatable bonds is 3. The maximum atomic E-state index is 12.0. The third-order valence-corrected chi connectivity index (χ3v) is 3.51. The first-order valence-electron chi connectivity index (χ1n) is 6.66. The van der Waals surface area contributed by atoms with Gasteiger partial charge in [-0.15, -0.1) is 0 Å². The smallest absolute Gasteiger partial charge is 0.334 e. The highest BCUT2D eigenvalue weighted by Gasteiger charge is 2.26. The van der Waals surface area contributed by atoms with Crippen LogP contribution < -0.4 is 0 Å². The Hall–Kier alpha value is -1.57. The van der Waals surface area contributed by atoms with Crippen molar-refractivity contribution in [2.75, 3.05) is 6.61 Å². The summed E-state index contributed by atoms with van der Waals surface area (Å²) in [6.07, 6.45) is 5.21. The second kappa shape index (κ2) is 5.85. The van der Waals surface area contributed by atoms with Crippen molar-refractivity contribution in [1.82, 2.24) is 0 Å². The Bertz CT molecular complexity index is 460. The zero-order valence-electron chi connectivity index (χ0n) is 11.1. The first-order valence-corrected chi connectivity index (χ1v) is 6.66. The molecule has 0 heterocycles. The van der Waals surface area contributed by atoms with E-state index < -0.39 is 0 Å². The maximum absolute atomic E-state index is 12.0. The van der Waals surface area contributed by atoms with Crippen LogP contribution in [0.4, 0.5) is 0 Å². The molecule has 1 aromatic rings. The van der Waals surface area contributed by atoms with Gasteiger partial charge >= 0.3 is 5.97 Å². The van der Waals surface area contributed by atoms with Gasteiger partial charge in [0, 0.05) is 11.5 Å². The van der Waals surface area contributed by atoms with Crippen LogP contribution in [0, 0.1) is 6.92 Å². The van der Waals surface area contributed by atoms with Gasteiger partial charge in [0.05, 0.1) is 6.61 Å². The second-order valence-electron chi connectivity index (χ2n) is 4.72. The van der Waals surface area contributed by atoms with E-state index in [1.807, 2.05) is 19.1 Å². The van der Waals surface area contributed by atoms with Gasteiger partial charge in [-0.05, 0) is 44.2 Å². The summed E-state index contributed by atoms with van der Waals surface area (Å²) in [4.78, 5) is 12.0. The Labute approximate surface area is 109 Å². The quantitative estimate of drug-likeness (QED) is 0.757. The molecule has 1 aliphatic carbocycles. The largest absolute Gasteiger partial charge is 0.463 e. The lowest BCUT2D eigenvalue weighted by atomic mass is 9.81. The molecule has 1 atom stereocenters. The van der Waals surface area contributed by atoms with Gasteiger partial charge in [-0.25, -0.2) is 4.79 Å². The highest BCUT2D eigenvalue weighted by molar-refractivity contribution is 5.90. The van der Waals surface area contributed by atoms with Crippen molar-refractivity contribution < 1.29 is 9.53 Å². The molecule has 0 N–H and O–H groups in total. The molecule has 0 aromatic heterocycles. The van der Waals surface area contributed by atoms with Crippen molar-refractivity contribution in [3.05, 3.63) is 47.0 Å². The number of hydrogen-bond acceptors (Lipinski definition) is 2. The molecule has 1 unspecified atom stereocenters. The van der Waals surface area contributed by atoms with E-state index in [-0.39, 0.29) is 11.9 Å². The SMILES string of the molecule is CCOC(=O)C1=CCCCC1c1ccccc1C. The van der Waals surface area contributed by atoms with Crippen LogP contribution in [0.2, 0.25) is 0 Å². The average molecular weight is 244 g/mol. The first-order chi connectivity index (χ1) is 8.74. The lowest BCUT2D eigenvalue weighted by molar-refractivity contribution is -0.138. The molecule has 2 rings (SSSR count). The lowest BCUT2D eigenvalue weighted by Crippen LogP contribution is -2.18.